The Morgan fingerprint density at radius 2 is 2.33 bits per heavy atom. The first kappa shape index (κ1) is 10.8. The number of amides is 2. The highest BCUT2D eigenvalue weighted by Gasteiger charge is 2.33. The number of aromatic amines is 1. The molecule has 1 fully saturated rings. The van der Waals surface area contributed by atoms with E-state index in [2.05, 4.69) is 10.2 Å². The van der Waals surface area contributed by atoms with Crippen molar-refractivity contribution in [2.75, 3.05) is 11.4 Å². The predicted octanol–water partition coefficient (Wildman–Crippen LogP) is 0.401. The smallest absolute Gasteiger partial charge is 0.227 e. The molecule has 1 aliphatic rings. The molecule has 1 atom stereocenters. The van der Waals surface area contributed by atoms with E-state index < -0.39 is 11.8 Å². The molecule has 0 aliphatic carbocycles. The van der Waals surface area contributed by atoms with Crippen molar-refractivity contribution in [1.29, 1.82) is 0 Å². The molecule has 3 N–H and O–H groups in total. The molecule has 3 rings (SSSR count). The van der Waals surface area contributed by atoms with Gasteiger partial charge in [0.1, 0.15) is 0 Å². The van der Waals surface area contributed by atoms with Crippen LogP contribution in [0.15, 0.2) is 24.4 Å². The zero-order valence-electron chi connectivity index (χ0n) is 9.59. The molecule has 6 heteroatoms. The van der Waals surface area contributed by atoms with E-state index in [0.717, 1.165) is 16.6 Å². The second-order valence-corrected chi connectivity index (χ2v) is 4.45. The van der Waals surface area contributed by atoms with Gasteiger partial charge in [-0.3, -0.25) is 14.7 Å². The molecule has 0 spiro atoms. The molecule has 0 radical (unpaired) electrons. The van der Waals surface area contributed by atoms with E-state index in [1.54, 1.807) is 11.1 Å². The van der Waals surface area contributed by atoms with Gasteiger partial charge in [0.15, 0.2) is 0 Å². The third-order valence-corrected chi connectivity index (χ3v) is 3.26. The maximum Gasteiger partial charge on any atom is 0.227 e. The van der Waals surface area contributed by atoms with Crippen LogP contribution in [0.2, 0.25) is 0 Å². The fourth-order valence-electron chi connectivity index (χ4n) is 2.24. The Hall–Kier alpha value is -2.37. The molecule has 0 saturated carbocycles. The van der Waals surface area contributed by atoms with E-state index in [4.69, 9.17) is 5.73 Å². The van der Waals surface area contributed by atoms with E-state index >= 15 is 0 Å². The minimum absolute atomic E-state index is 0.0716. The van der Waals surface area contributed by atoms with Crippen molar-refractivity contribution < 1.29 is 9.59 Å². The lowest BCUT2D eigenvalue weighted by molar-refractivity contribution is -0.123. The first-order valence-electron chi connectivity index (χ1n) is 5.68. The molecule has 1 aromatic heterocycles. The first-order valence-corrected chi connectivity index (χ1v) is 5.68. The number of aromatic nitrogens is 2. The number of hydrogen-bond acceptors (Lipinski definition) is 3. The van der Waals surface area contributed by atoms with Crippen LogP contribution in [0, 0.1) is 5.92 Å². The molecule has 18 heavy (non-hydrogen) atoms. The summed E-state index contributed by atoms with van der Waals surface area (Å²) in [5, 5.41) is 7.76. The van der Waals surface area contributed by atoms with Gasteiger partial charge in [0.25, 0.3) is 0 Å². The third kappa shape index (κ3) is 1.62. The molecule has 92 valence electrons. The topological polar surface area (TPSA) is 92.1 Å². The lowest BCUT2D eigenvalue weighted by atomic mass is 10.1. The second-order valence-electron chi connectivity index (χ2n) is 4.45. The summed E-state index contributed by atoms with van der Waals surface area (Å²) >= 11 is 0. The Labute approximate surface area is 103 Å². The summed E-state index contributed by atoms with van der Waals surface area (Å²) in [6.07, 6.45) is 1.91. The quantitative estimate of drug-likeness (QED) is 0.801. The monoisotopic (exact) mass is 244 g/mol. The zero-order valence-corrected chi connectivity index (χ0v) is 9.59. The van der Waals surface area contributed by atoms with Gasteiger partial charge in [0, 0.05) is 24.0 Å². The van der Waals surface area contributed by atoms with Crippen molar-refractivity contribution >= 4 is 28.4 Å². The summed E-state index contributed by atoms with van der Waals surface area (Å²) < 4.78 is 0. The van der Waals surface area contributed by atoms with E-state index in [1.165, 1.54) is 0 Å². The lowest BCUT2D eigenvalue weighted by Crippen LogP contribution is -2.28. The third-order valence-electron chi connectivity index (χ3n) is 3.26. The number of nitrogens with one attached hydrogen (secondary N) is 1. The van der Waals surface area contributed by atoms with Crippen molar-refractivity contribution in [1.82, 2.24) is 10.2 Å². The fourth-order valence-corrected chi connectivity index (χ4v) is 2.24. The predicted molar refractivity (Wildman–Crippen MR) is 65.7 cm³/mol. The summed E-state index contributed by atoms with van der Waals surface area (Å²) in [4.78, 5) is 24.6. The summed E-state index contributed by atoms with van der Waals surface area (Å²) in [6.45, 7) is 0.355. The highest BCUT2D eigenvalue weighted by molar-refractivity contribution is 6.01. The average Bonchev–Trinajstić information content (AvgIpc) is 2.93. The number of H-pyrrole nitrogens is 1. The molecule has 1 aromatic carbocycles. The number of nitrogens with zero attached hydrogens (tertiary/aromatic N) is 2. The molecule has 1 saturated heterocycles. The number of carbonyl (C=O) groups is 2. The van der Waals surface area contributed by atoms with Gasteiger partial charge in [-0.15, -0.1) is 0 Å². The highest BCUT2D eigenvalue weighted by atomic mass is 16.2. The summed E-state index contributed by atoms with van der Waals surface area (Å²) in [6, 6.07) is 5.59. The molecular formula is C12H12N4O2. The van der Waals surface area contributed by atoms with Crippen LogP contribution in [-0.2, 0) is 9.59 Å². The zero-order chi connectivity index (χ0) is 12.7. The summed E-state index contributed by atoms with van der Waals surface area (Å²) in [5.41, 5.74) is 6.87. The largest absolute Gasteiger partial charge is 0.369 e. The number of hydrogen-bond donors (Lipinski definition) is 2. The number of carbonyl (C=O) groups excluding carboxylic acids is 2. The Morgan fingerprint density at radius 1 is 1.50 bits per heavy atom. The summed E-state index contributed by atoms with van der Waals surface area (Å²) in [7, 11) is 0. The molecule has 6 nitrogen and oxygen atoms in total. The first-order chi connectivity index (χ1) is 8.65. The second kappa shape index (κ2) is 3.83. The minimum Gasteiger partial charge on any atom is -0.369 e. The molecule has 2 aromatic rings. The number of benzene rings is 1. The van der Waals surface area contributed by atoms with Crippen LogP contribution in [0.4, 0.5) is 5.69 Å². The van der Waals surface area contributed by atoms with Crippen molar-refractivity contribution in [2.24, 2.45) is 11.7 Å². The van der Waals surface area contributed by atoms with Gasteiger partial charge in [-0.1, -0.05) is 0 Å². The Kier molecular flexibility index (Phi) is 2.29. The van der Waals surface area contributed by atoms with Crippen LogP contribution in [-0.4, -0.2) is 28.6 Å². The molecule has 1 aliphatic heterocycles. The van der Waals surface area contributed by atoms with Gasteiger partial charge in [-0.05, 0) is 18.2 Å². The SMILES string of the molecule is NC(=O)C1CC(=O)N(c2ccc3cn[nH]c3c2)C1. The Bertz CT molecular complexity index is 634. The van der Waals surface area contributed by atoms with Gasteiger partial charge >= 0.3 is 0 Å². The van der Waals surface area contributed by atoms with Crippen LogP contribution >= 0.6 is 0 Å². The maximum absolute atomic E-state index is 11.9. The lowest BCUT2D eigenvalue weighted by Gasteiger charge is -2.16. The number of fused-ring (bicyclic) bond motifs is 1. The van der Waals surface area contributed by atoms with Gasteiger partial charge in [0.2, 0.25) is 11.8 Å². The molecule has 0 bridgehead atoms. The standard InChI is InChI=1S/C12H12N4O2/c13-12(18)8-3-11(17)16(6-8)9-2-1-7-5-14-15-10(7)4-9/h1-2,4-5,8H,3,6H2,(H2,13,18)(H,14,15). The fraction of sp³-hybridized carbons (Fsp3) is 0.250. The minimum atomic E-state index is -0.423. The molecule has 1 unspecified atom stereocenters. The number of rotatable bonds is 2. The molecule has 2 heterocycles. The number of primary amides is 1. The van der Waals surface area contributed by atoms with Crippen molar-refractivity contribution in [3.8, 4) is 0 Å². The van der Waals surface area contributed by atoms with Crippen LogP contribution in [0.5, 0.6) is 0 Å². The van der Waals surface area contributed by atoms with Crippen LogP contribution in [0.25, 0.3) is 10.9 Å². The van der Waals surface area contributed by atoms with E-state index in [-0.39, 0.29) is 12.3 Å². The average molecular weight is 244 g/mol. The van der Waals surface area contributed by atoms with Crippen molar-refractivity contribution in [3.05, 3.63) is 24.4 Å². The van der Waals surface area contributed by atoms with Crippen LogP contribution < -0.4 is 10.6 Å². The molecular weight excluding hydrogens is 232 g/mol. The van der Waals surface area contributed by atoms with Crippen LogP contribution in [0.3, 0.4) is 0 Å². The Morgan fingerprint density at radius 3 is 3.06 bits per heavy atom. The van der Waals surface area contributed by atoms with Crippen molar-refractivity contribution in [2.45, 2.75) is 6.42 Å². The summed E-state index contributed by atoms with van der Waals surface area (Å²) in [5.74, 6) is -0.888. The molecule has 2 amide bonds. The van der Waals surface area contributed by atoms with E-state index in [0.29, 0.717) is 6.54 Å². The van der Waals surface area contributed by atoms with Gasteiger partial charge in [-0.25, -0.2) is 0 Å². The van der Waals surface area contributed by atoms with Crippen LogP contribution in [0.1, 0.15) is 6.42 Å². The van der Waals surface area contributed by atoms with E-state index in [1.807, 2.05) is 18.2 Å². The number of nitrogens with two attached hydrogens (primary N) is 1. The van der Waals surface area contributed by atoms with Gasteiger partial charge < -0.3 is 10.6 Å². The van der Waals surface area contributed by atoms with Gasteiger partial charge in [0.05, 0.1) is 17.6 Å². The van der Waals surface area contributed by atoms with E-state index in [9.17, 15) is 9.59 Å². The normalized spacial score (nSPS) is 19.7. The van der Waals surface area contributed by atoms with Gasteiger partial charge in [-0.2, -0.15) is 5.10 Å². The highest BCUT2D eigenvalue weighted by Crippen LogP contribution is 2.27. The Balaban J connectivity index is 1.94. The number of anilines is 1. The van der Waals surface area contributed by atoms with Crippen molar-refractivity contribution in [3.63, 3.8) is 0 Å². The maximum atomic E-state index is 11.9.